The lowest BCUT2D eigenvalue weighted by Gasteiger charge is -2.30. The van der Waals surface area contributed by atoms with E-state index in [9.17, 15) is 0 Å². The van der Waals surface area contributed by atoms with Gasteiger partial charge in [0.25, 0.3) is 0 Å². The van der Waals surface area contributed by atoms with Crippen molar-refractivity contribution in [2.24, 2.45) is 11.1 Å². The van der Waals surface area contributed by atoms with Crippen LogP contribution < -0.4 is 5.73 Å². The summed E-state index contributed by atoms with van der Waals surface area (Å²) in [6.45, 7) is 7.26. The van der Waals surface area contributed by atoms with Gasteiger partial charge in [-0.2, -0.15) is 0 Å². The van der Waals surface area contributed by atoms with Crippen LogP contribution in [0.15, 0.2) is 24.3 Å². The summed E-state index contributed by atoms with van der Waals surface area (Å²) >= 11 is 11.3. The van der Waals surface area contributed by atoms with Crippen LogP contribution in [0.5, 0.6) is 0 Å². The molecule has 1 unspecified atom stereocenters. The van der Waals surface area contributed by atoms with Crippen LogP contribution in [-0.2, 0) is 0 Å². The normalized spacial score (nSPS) is 13.6. The first-order valence-electron chi connectivity index (χ1n) is 6.50. The molecule has 0 bridgehead atoms. The van der Waals surface area contributed by atoms with E-state index in [0.29, 0.717) is 4.99 Å². The highest BCUT2D eigenvalue weighted by molar-refractivity contribution is 7.80. The van der Waals surface area contributed by atoms with Crippen molar-refractivity contribution in [3.05, 3.63) is 34.9 Å². The fraction of sp³-hybridized carbons (Fsp3) is 0.533. The van der Waals surface area contributed by atoms with Crippen LogP contribution in [0.3, 0.4) is 0 Å². The lowest BCUT2D eigenvalue weighted by Crippen LogP contribution is -2.34. The van der Waals surface area contributed by atoms with Crippen LogP contribution in [0.25, 0.3) is 0 Å². The Labute approximate surface area is 126 Å². The molecule has 2 nitrogen and oxygen atoms in total. The molecule has 0 saturated carbocycles. The van der Waals surface area contributed by atoms with Crippen molar-refractivity contribution in [2.45, 2.75) is 33.2 Å². The maximum Gasteiger partial charge on any atom is 0.0784 e. The molecule has 1 aromatic carbocycles. The van der Waals surface area contributed by atoms with E-state index in [0.717, 1.165) is 23.6 Å². The molecule has 2 N–H and O–H groups in total. The Morgan fingerprint density at radius 2 is 2.00 bits per heavy atom. The maximum absolute atomic E-state index is 6.24. The number of benzene rings is 1. The van der Waals surface area contributed by atoms with Crippen LogP contribution in [0.1, 0.15) is 38.8 Å². The van der Waals surface area contributed by atoms with Gasteiger partial charge in [-0.3, -0.25) is 4.90 Å². The summed E-state index contributed by atoms with van der Waals surface area (Å²) in [5, 5.41) is 0.815. The van der Waals surface area contributed by atoms with Crippen molar-refractivity contribution < 1.29 is 0 Å². The molecule has 0 aliphatic heterocycles. The maximum atomic E-state index is 6.24. The molecular weight excluding hydrogens is 276 g/mol. The van der Waals surface area contributed by atoms with Crippen LogP contribution in [0.4, 0.5) is 0 Å². The Balaban J connectivity index is 2.66. The Morgan fingerprint density at radius 1 is 1.42 bits per heavy atom. The van der Waals surface area contributed by atoms with Crippen molar-refractivity contribution in [1.29, 1.82) is 0 Å². The van der Waals surface area contributed by atoms with E-state index in [1.807, 2.05) is 18.2 Å². The number of hydrogen-bond donors (Lipinski definition) is 1. The molecule has 0 saturated heterocycles. The molecular formula is C15H23ClN2S. The molecule has 1 aromatic rings. The zero-order chi connectivity index (χ0) is 14.6. The van der Waals surface area contributed by atoms with Crippen LogP contribution in [-0.4, -0.2) is 23.5 Å². The average molecular weight is 299 g/mol. The number of halogens is 1. The lowest BCUT2D eigenvalue weighted by atomic mass is 9.89. The summed E-state index contributed by atoms with van der Waals surface area (Å²) in [5.74, 6) is 0. The zero-order valence-electron chi connectivity index (χ0n) is 12.1. The van der Waals surface area contributed by atoms with Crippen molar-refractivity contribution in [3.8, 4) is 0 Å². The summed E-state index contributed by atoms with van der Waals surface area (Å²) in [4.78, 5) is 2.85. The van der Waals surface area contributed by atoms with E-state index in [1.165, 1.54) is 0 Å². The summed E-state index contributed by atoms with van der Waals surface area (Å²) in [6, 6.07) is 8.25. The second-order valence-electron chi connectivity index (χ2n) is 5.68. The first-order chi connectivity index (χ1) is 8.75. The van der Waals surface area contributed by atoms with Gasteiger partial charge in [0.1, 0.15) is 0 Å². The molecule has 0 amide bonds. The SMILES string of the molecule is CC(c1ccccc1Cl)N(C)CCC(C)(C)C(N)=S. The second-order valence-corrected chi connectivity index (χ2v) is 6.52. The molecule has 0 radical (unpaired) electrons. The van der Waals surface area contributed by atoms with E-state index in [-0.39, 0.29) is 11.5 Å². The molecule has 0 aliphatic rings. The Hall–Kier alpha value is -0.640. The van der Waals surface area contributed by atoms with Gasteiger partial charge in [-0.15, -0.1) is 0 Å². The van der Waals surface area contributed by atoms with E-state index in [4.69, 9.17) is 29.6 Å². The van der Waals surface area contributed by atoms with Gasteiger partial charge in [-0.05, 0) is 38.6 Å². The summed E-state index contributed by atoms with van der Waals surface area (Å²) in [7, 11) is 2.10. The average Bonchev–Trinajstić information content (AvgIpc) is 2.35. The third-order valence-electron chi connectivity index (χ3n) is 3.77. The molecule has 106 valence electrons. The molecule has 0 heterocycles. The molecule has 0 aromatic heterocycles. The molecule has 19 heavy (non-hydrogen) atoms. The third kappa shape index (κ3) is 4.44. The minimum atomic E-state index is -0.107. The van der Waals surface area contributed by atoms with Gasteiger partial charge >= 0.3 is 0 Å². The molecule has 0 aliphatic carbocycles. The fourth-order valence-electron chi connectivity index (χ4n) is 1.82. The summed E-state index contributed by atoms with van der Waals surface area (Å²) < 4.78 is 0. The number of nitrogens with zero attached hydrogens (tertiary/aromatic N) is 1. The first kappa shape index (κ1) is 16.4. The van der Waals surface area contributed by atoms with Gasteiger partial charge in [0.05, 0.1) is 4.99 Å². The van der Waals surface area contributed by atoms with Crippen LogP contribution in [0, 0.1) is 5.41 Å². The number of rotatable bonds is 6. The van der Waals surface area contributed by atoms with Gasteiger partial charge in [-0.1, -0.05) is 55.9 Å². The quantitative estimate of drug-likeness (QED) is 0.804. The first-order valence-corrected chi connectivity index (χ1v) is 7.29. The predicted octanol–water partition coefficient (Wildman–Crippen LogP) is 4.04. The number of thiocarbonyl (C=S) groups is 1. The monoisotopic (exact) mass is 298 g/mol. The zero-order valence-corrected chi connectivity index (χ0v) is 13.7. The van der Waals surface area contributed by atoms with Crippen molar-refractivity contribution >= 4 is 28.8 Å². The Kier molecular flexibility index (Phi) is 5.78. The van der Waals surface area contributed by atoms with E-state index >= 15 is 0 Å². The van der Waals surface area contributed by atoms with E-state index in [2.05, 4.69) is 38.8 Å². The highest BCUT2D eigenvalue weighted by Crippen LogP contribution is 2.28. The second kappa shape index (κ2) is 6.69. The largest absolute Gasteiger partial charge is 0.393 e. The van der Waals surface area contributed by atoms with Crippen molar-refractivity contribution in [2.75, 3.05) is 13.6 Å². The van der Waals surface area contributed by atoms with Gasteiger partial charge in [-0.25, -0.2) is 0 Å². The van der Waals surface area contributed by atoms with Gasteiger partial charge in [0.15, 0.2) is 0 Å². The van der Waals surface area contributed by atoms with Gasteiger partial charge in [0, 0.05) is 16.5 Å². The summed E-state index contributed by atoms with van der Waals surface area (Å²) in [5.41, 5.74) is 6.80. The predicted molar refractivity (Wildman–Crippen MR) is 87.7 cm³/mol. The topological polar surface area (TPSA) is 29.3 Å². The van der Waals surface area contributed by atoms with Crippen molar-refractivity contribution in [3.63, 3.8) is 0 Å². The van der Waals surface area contributed by atoms with Crippen LogP contribution >= 0.6 is 23.8 Å². The third-order valence-corrected chi connectivity index (χ3v) is 4.67. The molecule has 1 atom stereocenters. The molecule has 0 fully saturated rings. The Morgan fingerprint density at radius 3 is 2.53 bits per heavy atom. The van der Waals surface area contributed by atoms with Crippen molar-refractivity contribution in [1.82, 2.24) is 4.90 Å². The number of nitrogens with two attached hydrogens (primary N) is 1. The smallest absolute Gasteiger partial charge is 0.0784 e. The molecule has 4 heteroatoms. The lowest BCUT2D eigenvalue weighted by molar-refractivity contribution is 0.235. The highest BCUT2D eigenvalue weighted by atomic mass is 35.5. The van der Waals surface area contributed by atoms with Gasteiger partial charge < -0.3 is 5.73 Å². The standard InChI is InChI=1S/C15H23ClN2S/c1-11(12-7-5-6-8-13(12)16)18(4)10-9-15(2,3)14(17)19/h5-8,11H,9-10H2,1-4H3,(H2,17,19). The number of hydrogen-bond acceptors (Lipinski definition) is 2. The molecule has 1 rings (SSSR count). The highest BCUT2D eigenvalue weighted by Gasteiger charge is 2.23. The fourth-order valence-corrected chi connectivity index (χ4v) is 2.22. The Bertz CT molecular complexity index is 446. The van der Waals surface area contributed by atoms with Gasteiger partial charge in [0.2, 0.25) is 0 Å². The van der Waals surface area contributed by atoms with Crippen LogP contribution in [0.2, 0.25) is 5.02 Å². The van der Waals surface area contributed by atoms with E-state index < -0.39 is 0 Å². The van der Waals surface area contributed by atoms with E-state index in [1.54, 1.807) is 0 Å². The summed E-state index contributed by atoms with van der Waals surface area (Å²) in [6.07, 6.45) is 0.938. The minimum absolute atomic E-state index is 0.107. The molecule has 0 spiro atoms. The minimum Gasteiger partial charge on any atom is -0.393 e.